The minimum absolute atomic E-state index is 0.187. The highest BCUT2D eigenvalue weighted by atomic mass is 16.5. The summed E-state index contributed by atoms with van der Waals surface area (Å²) in [7, 11) is 0. The number of unbranched alkanes of at least 4 members (excludes halogenated alkanes) is 1. The second kappa shape index (κ2) is 8.52. The van der Waals surface area contributed by atoms with Gasteiger partial charge in [-0.2, -0.15) is 0 Å². The number of hydrazine groups is 1. The van der Waals surface area contributed by atoms with Crippen LogP contribution in [0.15, 0.2) is 24.3 Å². The van der Waals surface area contributed by atoms with E-state index in [-0.39, 0.29) is 6.10 Å². The Labute approximate surface area is 129 Å². The molecule has 1 aliphatic heterocycles. The van der Waals surface area contributed by atoms with Crippen molar-refractivity contribution < 1.29 is 4.74 Å². The van der Waals surface area contributed by atoms with Crippen LogP contribution in [0.4, 0.5) is 0 Å². The Kier molecular flexibility index (Phi) is 6.68. The fourth-order valence-corrected chi connectivity index (χ4v) is 3.46. The summed E-state index contributed by atoms with van der Waals surface area (Å²) in [5.74, 6) is 6.48. The highest BCUT2D eigenvalue weighted by molar-refractivity contribution is 5.31. The van der Waals surface area contributed by atoms with Gasteiger partial charge in [0.15, 0.2) is 0 Å². The van der Waals surface area contributed by atoms with Crippen LogP contribution in [0.3, 0.4) is 0 Å². The zero-order chi connectivity index (χ0) is 15.1. The molecular formula is C18H30N2O. The molecule has 21 heavy (non-hydrogen) atoms. The second-order valence-corrected chi connectivity index (χ2v) is 6.13. The highest BCUT2D eigenvalue weighted by Gasteiger charge is 2.27. The van der Waals surface area contributed by atoms with E-state index in [2.05, 4.69) is 43.5 Å². The molecule has 3 atom stereocenters. The molecule has 3 heteroatoms. The number of nitrogens with one attached hydrogen (secondary N) is 1. The number of hydrogen-bond donors (Lipinski definition) is 2. The van der Waals surface area contributed by atoms with Gasteiger partial charge < -0.3 is 4.74 Å². The van der Waals surface area contributed by atoms with Gasteiger partial charge in [0.1, 0.15) is 0 Å². The van der Waals surface area contributed by atoms with E-state index in [0.29, 0.717) is 12.0 Å². The highest BCUT2D eigenvalue weighted by Crippen LogP contribution is 2.33. The van der Waals surface area contributed by atoms with Gasteiger partial charge in [0.25, 0.3) is 0 Å². The molecule has 0 bridgehead atoms. The van der Waals surface area contributed by atoms with E-state index in [4.69, 9.17) is 10.6 Å². The van der Waals surface area contributed by atoms with Crippen LogP contribution in [-0.2, 0) is 11.2 Å². The van der Waals surface area contributed by atoms with Gasteiger partial charge in [-0.1, -0.05) is 57.4 Å². The summed E-state index contributed by atoms with van der Waals surface area (Å²) >= 11 is 0. The number of benzene rings is 1. The monoisotopic (exact) mass is 290 g/mol. The summed E-state index contributed by atoms with van der Waals surface area (Å²) in [6.07, 6.45) is 7.12. The number of ether oxygens (including phenoxy) is 1. The first-order valence-corrected chi connectivity index (χ1v) is 8.45. The smallest absolute Gasteiger partial charge is 0.0843 e. The van der Waals surface area contributed by atoms with Crippen molar-refractivity contribution in [1.82, 2.24) is 5.43 Å². The Morgan fingerprint density at radius 2 is 2.14 bits per heavy atom. The molecule has 0 spiro atoms. The van der Waals surface area contributed by atoms with Crippen molar-refractivity contribution in [3.05, 3.63) is 35.4 Å². The van der Waals surface area contributed by atoms with Crippen LogP contribution in [0.1, 0.15) is 63.2 Å². The van der Waals surface area contributed by atoms with Crippen LogP contribution in [0.5, 0.6) is 0 Å². The molecule has 0 amide bonds. The largest absolute Gasteiger partial charge is 0.373 e. The molecule has 3 nitrogen and oxygen atoms in total. The summed E-state index contributed by atoms with van der Waals surface area (Å²) < 4.78 is 6.04. The Morgan fingerprint density at radius 1 is 1.33 bits per heavy atom. The van der Waals surface area contributed by atoms with Crippen LogP contribution in [0.2, 0.25) is 0 Å². The molecule has 3 N–H and O–H groups in total. The van der Waals surface area contributed by atoms with Crippen molar-refractivity contribution in [3.8, 4) is 0 Å². The van der Waals surface area contributed by atoms with Crippen LogP contribution in [-0.4, -0.2) is 12.6 Å². The van der Waals surface area contributed by atoms with Crippen molar-refractivity contribution in [2.45, 2.75) is 64.5 Å². The molecule has 3 unspecified atom stereocenters. The molecular weight excluding hydrogens is 260 g/mol. The summed E-state index contributed by atoms with van der Waals surface area (Å²) in [6.45, 7) is 5.34. The van der Waals surface area contributed by atoms with Gasteiger partial charge in [0.2, 0.25) is 0 Å². The first kappa shape index (κ1) is 16.5. The van der Waals surface area contributed by atoms with E-state index in [0.717, 1.165) is 19.4 Å². The number of hydrogen-bond acceptors (Lipinski definition) is 3. The van der Waals surface area contributed by atoms with Gasteiger partial charge in [-0.3, -0.25) is 11.3 Å². The third-order valence-electron chi connectivity index (χ3n) is 4.80. The summed E-state index contributed by atoms with van der Waals surface area (Å²) in [6, 6.07) is 9.00. The van der Waals surface area contributed by atoms with Gasteiger partial charge in [-0.15, -0.1) is 0 Å². The van der Waals surface area contributed by atoms with Crippen LogP contribution in [0, 0.1) is 5.92 Å². The van der Waals surface area contributed by atoms with Crippen molar-refractivity contribution in [3.63, 3.8) is 0 Å². The van der Waals surface area contributed by atoms with Gasteiger partial charge in [-0.05, 0) is 36.3 Å². The SMILES string of the molecule is CCCCC(CC)C(CC1OCCc2ccccc21)NN. The fourth-order valence-electron chi connectivity index (χ4n) is 3.46. The van der Waals surface area contributed by atoms with E-state index in [1.807, 2.05) is 0 Å². The van der Waals surface area contributed by atoms with Crippen molar-refractivity contribution >= 4 is 0 Å². The van der Waals surface area contributed by atoms with E-state index >= 15 is 0 Å². The van der Waals surface area contributed by atoms with Gasteiger partial charge in [-0.25, -0.2) is 0 Å². The van der Waals surface area contributed by atoms with Gasteiger partial charge in [0.05, 0.1) is 12.7 Å². The molecule has 0 radical (unpaired) electrons. The molecule has 0 fully saturated rings. The first-order valence-electron chi connectivity index (χ1n) is 8.45. The van der Waals surface area contributed by atoms with Crippen LogP contribution >= 0.6 is 0 Å². The van der Waals surface area contributed by atoms with Crippen molar-refractivity contribution in [1.29, 1.82) is 0 Å². The molecule has 1 heterocycles. The summed E-state index contributed by atoms with van der Waals surface area (Å²) in [5, 5.41) is 0. The average molecular weight is 290 g/mol. The Hall–Kier alpha value is -0.900. The van der Waals surface area contributed by atoms with E-state index < -0.39 is 0 Å². The van der Waals surface area contributed by atoms with Crippen LogP contribution < -0.4 is 11.3 Å². The third-order valence-corrected chi connectivity index (χ3v) is 4.80. The predicted octanol–water partition coefficient (Wildman–Crippen LogP) is 3.74. The van der Waals surface area contributed by atoms with E-state index in [1.54, 1.807) is 0 Å². The zero-order valence-electron chi connectivity index (χ0n) is 13.5. The maximum atomic E-state index is 6.04. The predicted molar refractivity (Wildman–Crippen MR) is 87.9 cm³/mol. The van der Waals surface area contributed by atoms with Crippen LogP contribution in [0.25, 0.3) is 0 Å². The molecule has 0 saturated heterocycles. The topological polar surface area (TPSA) is 47.3 Å². The Balaban J connectivity index is 2.05. The second-order valence-electron chi connectivity index (χ2n) is 6.13. The number of rotatable bonds is 8. The number of nitrogens with two attached hydrogens (primary N) is 1. The summed E-state index contributed by atoms with van der Waals surface area (Å²) in [5.41, 5.74) is 5.85. The molecule has 118 valence electrons. The lowest BCUT2D eigenvalue weighted by molar-refractivity contribution is 0.0236. The Morgan fingerprint density at radius 3 is 2.86 bits per heavy atom. The van der Waals surface area contributed by atoms with Gasteiger partial charge in [0, 0.05) is 6.04 Å². The maximum Gasteiger partial charge on any atom is 0.0843 e. The van der Waals surface area contributed by atoms with Gasteiger partial charge >= 0.3 is 0 Å². The normalized spacial score (nSPS) is 20.8. The quantitative estimate of drug-likeness (QED) is 0.566. The first-order chi connectivity index (χ1) is 10.3. The fraction of sp³-hybridized carbons (Fsp3) is 0.667. The number of fused-ring (bicyclic) bond motifs is 1. The lowest BCUT2D eigenvalue weighted by Gasteiger charge is -2.32. The third kappa shape index (κ3) is 4.29. The zero-order valence-corrected chi connectivity index (χ0v) is 13.5. The molecule has 0 aromatic heterocycles. The molecule has 1 aliphatic rings. The van der Waals surface area contributed by atoms with E-state index in [1.165, 1.54) is 36.8 Å². The Bertz CT molecular complexity index is 421. The van der Waals surface area contributed by atoms with E-state index in [9.17, 15) is 0 Å². The molecule has 2 rings (SSSR count). The molecule has 1 aromatic carbocycles. The molecule has 0 saturated carbocycles. The standard InChI is InChI=1S/C18H30N2O/c1-3-5-8-14(4-2)17(20-19)13-18-16-10-7-6-9-15(16)11-12-21-18/h6-7,9-10,14,17-18,20H,3-5,8,11-13,19H2,1-2H3. The van der Waals surface area contributed by atoms with Crippen molar-refractivity contribution in [2.75, 3.05) is 6.61 Å². The molecule has 0 aliphatic carbocycles. The summed E-state index contributed by atoms with van der Waals surface area (Å²) in [4.78, 5) is 0. The minimum Gasteiger partial charge on any atom is -0.373 e. The lowest BCUT2D eigenvalue weighted by Crippen LogP contribution is -2.42. The minimum atomic E-state index is 0.187. The lowest BCUT2D eigenvalue weighted by atomic mass is 9.85. The van der Waals surface area contributed by atoms with Crippen molar-refractivity contribution in [2.24, 2.45) is 11.8 Å². The maximum absolute atomic E-state index is 6.04. The molecule has 1 aromatic rings. The average Bonchev–Trinajstić information content (AvgIpc) is 2.54.